The minimum atomic E-state index is -0.310. The van der Waals surface area contributed by atoms with Crippen molar-refractivity contribution < 1.29 is 14.4 Å². The van der Waals surface area contributed by atoms with E-state index in [1.165, 1.54) is 23.4 Å². The number of unbranched alkanes of at least 4 members (excludes halogenated alkanes) is 4. The quantitative estimate of drug-likeness (QED) is 0.224. The zero-order valence-corrected chi connectivity index (χ0v) is 23.5. The van der Waals surface area contributed by atoms with Crippen LogP contribution < -0.4 is 16.4 Å². The molecule has 3 aromatic rings. The summed E-state index contributed by atoms with van der Waals surface area (Å²) in [5, 5.41) is 7.94. The first kappa shape index (κ1) is 30.5. The number of amides is 2. The van der Waals surface area contributed by atoms with Gasteiger partial charge in [-0.2, -0.15) is 0 Å². The second-order valence-electron chi connectivity index (χ2n) is 9.72. The number of aldehydes is 1. The first-order chi connectivity index (χ1) is 19.6. The second kappa shape index (κ2) is 16.2. The Hall–Kier alpha value is -4.04. The summed E-state index contributed by atoms with van der Waals surface area (Å²) in [6.45, 7) is 0. The predicted molar refractivity (Wildman–Crippen MR) is 160 cm³/mol. The van der Waals surface area contributed by atoms with Crippen LogP contribution in [0.4, 0.5) is 0 Å². The number of nitrogens with zero attached hydrogens (tertiary/aromatic N) is 1. The van der Waals surface area contributed by atoms with Gasteiger partial charge < -0.3 is 26.1 Å². The van der Waals surface area contributed by atoms with E-state index in [2.05, 4.69) is 68.8 Å². The van der Waals surface area contributed by atoms with Gasteiger partial charge in [-0.3, -0.25) is 9.59 Å². The number of hydrogen-bond donors (Lipinski definition) is 4. The molecule has 2 amide bonds. The minimum Gasteiger partial charge on any atom is -0.359 e. The van der Waals surface area contributed by atoms with Crippen molar-refractivity contribution in [3.05, 3.63) is 77.9 Å². The van der Waals surface area contributed by atoms with Crippen LogP contribution in [0, 0.1) is 5.92 Å². The van der Waals surface area contributed by atoms with Crippen molar-refractivity contribution >= 4 is 28.9 Å². The van der Waals surface area contributed by atoms with Crippen molar-refractivity contribution in [2.75, 3.05) is 14.1 Å². The third kappa shape index (κ3) is 8.48. The predicted octanol–water partition coefficient (Wildman–Crippen LogP) is 4.97. The highest BCUT2D eigenvalue weighted by Gasteiger charge is 2.31. The zero-order chi connectivity index (χ0) is 28.7. The molecule has 0 radical (unpaired) electrons. The smallest absolute Gasteiger partial charge is 0.227 e. The molecule has 0 spiro atoms. The maximum absolute atomic E-state index is 11.6. The average Bonchev–Trinajstić information content (AvgIpc) is 3.48. The zero-order valence-electron chi connectivity index (χ0n) is 23.5. The van der Waals surface area contributed by atoms with Crippen molar-refractivity contribution in [2.45, 2.75) is 57.8 Å². The number of nitrogens with two attached hydrogens (primary N) is 1. The number of aryl methyl sites for hydroxylation is 1. The number of rotatable bonds is 9. The monoisotopic (exact) mass is 543 g/mol. The van der Waals surface area contributed by atoms with Crippen molar-refractivity contribution in [1.29, 1.82) is 0 Å². The van der Waals surface area contributed by atoms with E-state index in [1.54, 1.807) is 7.05 Å². The van der Waals surface area contributed by atoms with E-state index in [4.69, 9.17) is 0 Å². The summed E-state index contributed by atoms with van der Waals surface area (Å²) in [4.78, 5) is 41.2. The van der Waals surface area contributed by atoms with E-state index in [0.717, 1.165) is 74.0 Å². The molecular weight excluding hydrogens is 502 g/mol. The van der Waals surface area contributed by atoms with Crippen molar-refractivity contribution in [2.24, 2.45) is 11.7 Å². The van der Waals surface area contributed by atoms with Gasteiger partial charge in [-0.15, -0.1) is 0 Å². The van der Waals surface area contributed by atoms with Crippen LogP contribution in [0.1, 0.15) is 57.2 Å². The van der Waals surface area contributed by atoms with Crippen LogP contribution in [0.25, 0.3) is 22.0 Å². The number of imidazole rings is 1. The van der Waals surface area contributed by atoms with Crippen LogP contribution in [0.2, 0.25) is 0 Å². The Kier molecular flexibility index (Phi) is 12.3. The molecule has 0 saturated heterocycles. The molecule has 0 fully saturated rings. The van der Waals surface area contributed by atoms with E-state index in [9.17, 15) is 14.4 Å². The van der Waals surface area contributed by atoms with Crippen LogP contribution >= 0.6 is 0 Å². The molecule has 2 heterocycles. The van der Waals surface area contributed by atoms with Crippen LogP contribution in [0.3, 0.4) is 0 Å². The van der Waals surface area contributed by atoms with Gasteiger partial charge in [-0.1, -0.05) is 61.4 Å². The second-order valence-corrected chi connectivity index (χ2v) is 9.72. The fourth-order valence-electron chi connectivity index (χ4n) is 4.93. The molecule has 1 atom stereocenters. The molecule has 5 N–H and O–H groups in total. The molecule has 2 aliphatic rings. The fraction of sp³-hybridized carbons (Fsp3) is 0.375. The summed E-state index contributed by atoms with van der Waals surface area (Å²) in [5.41, 5.74) is 8.64. The summed E-state index contributed by atoms with van der Waals surface area (Å²) >= 11 is 0. The van der Waals surface area contributed by atoms with Crippen molar-refractivity contribution in [1.82, 2.24) is 20.6 Å². The van der Waals surface area contributed by atoms with Gasteiger partial charge in [0.1, 0.15) is 12.1 Å². The van der Waals surface area contributed by atoms with Gasteiger partial charge in [0.05, 0.1) is 17.8 Å². The highest BCUT2D eigenvalue weighted by Crippen LogP contribution is 2.29. The topological polar surface area (TPSA) is 130 Å². The lowest BCUT2D eigenvalue weighted by atomic mass is 9.85. The highest BCUT2D eigenvalue weighted by atomic mass is 16.2. The number of aromatic amines is 1. The van der Waals surface area contributed by atoms with Crippen LogP contribution in [0.5, 0.6) is 0 Å². The highest BCUT2D eigenvalue weighted by molar-refractivity contribution is 5.91. The van der Waals surface area contributed by atoms with E-state index in [0.29, 0.717) is 6.42 Å². The maximum Gasteiger partial charge on any atom is 0.227 e. The number of allylic oxidation sites excluding steroid dienone is 3. The Morgan fingerprint density at radius 2 is 1.88 bits per heavy atom. The fourth-order valence-corrected chi connectivity index (χ4v) is 4.93. The van der Waals surface area contributed by atoms with Crippen molar-refractivity contribution in [3.63, 3.8) is 0 Å². The van der Waals surface area contributed by atoms with Crippen LogP contribution in [-0.4, -0.2) is 42.2 Å². The number of hydrogen-bond acceptors (Lipinski definition) is 5. The van der Waals surface area contributed by atoms with Gasteiger partial charge in [0.25, 0.3) is 0 Å². The third-order valence-electron chi connectivity index (χ3n) is 7.00. The standard InChI is InChI=1S/C20H22N2O.C11H14N2O2.CH5N/c23-13-7-3-1-2-4-10-20-21-15-19(22-20)18-12-11-16-8-5-6-9-17(16)14-18;1-12-11(15)8-6-10(14)13-9-5-3-2-4-7(8)9;1-2/h5-6,8-9,11-15H,1-4,7,10H2,(H,21,22);2,4,8H,3,5-6H2,1H3,(H,12,15)(H,13,14);2H2,1H3. The number of H-pyrrole nitrogens is 1. The summed E-state index contributed by atoms with van der Waals surface area (Å²) in [6.07, 6.45) is 15.0. The minimum absolute atomic E-state index is 0.0577. The Balaban J connectivity index is 0.000000224. The van der Waals surface area contributed by atoms with E-state index in [-0.39, 0.29) is 24.2 Å². The largest absolute Gasteiger partial charge is 0.359 e. The van der Waals surface area contributed by atoms with E-state index in [1.807, 2.05) is 18.3 Å². The molecule has 1 aliphatic carbocycles. The Morgan fingerprint density at radius 3 is 2.65 bits per heavy atom. The Morgan fingerprint density at radius 1 is 1.10 bits per heavy atom. The number of benzene rings is 2. The number of nitrogens with one attached hydrogen (secondary N) is 3. The summed E-state index contributed by atoms with van der Waals surface area (Å²) in [6, 6.07) is 14.9. The Bertz CT molecular complexity index is 1340. The lowest BCUT2D eigenvalue weighted by Gasteiger charge is -2.27. The molecule has 1 unspecified atom stereocenters. The molecule has 8 heteroatoms. The maximum atomic E-state index is 11.6. The van der Waals surface area contributed by atoms with Gasteiger partial charge >= 0.3 is 0 Å². The SMILES string of the molecule is CN.CNC(=O)C1CC(=O)NC2=C1C=CCC2.O=CCCCCCCc1ncc(-c2ccc3ccccc3c2)[nH]1. The summed E-state index contributed by atoms with van der Waals surface area (Å²) in [7, 11) is 3.10. The first-order valence-corrected chi connectivity index (χ1v) is 14.0. The summed E-state index contributed by atoms with van der Waals surface area (Å²) < 4.78 is 0. The molecule has 2 aromatic carbocycles. The normalized spacial score (nSPS) is 15.7. The molecule has 40 heavy (non-hydrogen) atoms. The molecule has 0 saturated carbocycles. The van der Waals surface area contributed by atoms with Crippen LogP contribution in [-0.2, 0) is 20.8 Å². The number of carbonyl (C=O) groups excluding carboxylic acids is 3. The average molecular weight is 544 g/mol. The van der Waals surface area contributed by atoms with Crippen molar-refractivity contribution in [3.8, 4) is 11.3 Å². The van der Waals surface area contributed by atoms with Gasteiger partial charge in [-0.25, -0.2) is 4.98 Å². The van der Waals surface area contributed by atoms with Gasteiger partial charge in [0.2, 0.25) is 11.8 Å². The van der Waals surface area contributed by atoms with E-state index < -0.39 is 0 Å². The third-order valence-corrected chi connectivity index (χ3v) is 7.00. The van der Waals surface area contributed by atoms with Crippen LogP contribution in [0.15, 0.2) is 72.1 Å². The van der Waals surface area contributed by atoms with E-state index >= 15 is 0 Å². The Labute approximate surface area is 236 Å². The summed E-state index contributed by atoms with van der Waals surface area (Å²) in [5.74, 6) is 0.598. The number of aromatic nitrogens is 2. The lowest BCUT2D eigenvalue weighted by Crippen LogP contribution is -2.39. The molecule has 1 aromatic heterocycles. The van der Waals surface area contributed by atoms with Gasteiger partial charge in [0, 0.05) is 37.6 Å². The molecule has 5 rings (SSSR count). The molecule has 212 valence electrons. The van der Waals surface area contributed by atoms with Gasteiger partial charge in [0.15, 0.2) is 0 Å². The first-order valence-electron chi connectivity index (χ1n) is 14.0. The molecule has 1 aliphatic heterocycles. The van der Waals surface area contributed by atoms with Gasteiger partial charge in [-0.05, 0) is 55.1 Å². The molecule has 8 nitrogen and oxygen atoms in total. The molecular formula is C32H41N5O3. The molecule has 0 bridgehead atoms. The lowest BCUT2D eigenvalue weighted by molar-refractivity contribution is -0.129. The number of fused-ring (bicyclic) bond motifs is 1. The number of carbonyl (C=O) groups is 3.